The van der Waals surface area contributed by atoms with E-state index >= 15 is 0 Å². The number of nitrogens with zero attached hydrogens (tertiary/aromatic N) is 2. The minimum absolute atomic E-state index is 0.0411. The van der Waals surface area contributed by atoms with Gasteiger partial charge >= 0.3 is 5.69 Å². The molecule has 0 saturated carbocycles. The van der Waals surface area contributed by atoms with Crippen LogP contribution < -0.4 is 11.2 Å². The highest BCUT2D eigenvalue weighted by atomic mass is 79.9. The van der Waals surface area contributed by atoms with Gasteiger partial charge in [0, 0.05) is 15.0 Å². The molecule has 9 heteroatoms. The maximum absolute atomic E-state index is 13.5. The monoisotopic (exact) mass is 518 g/mol. The van der Waals surface area contributed by atoms with Gasteiger partial charge in [-0.1, -0.05) is 43.5 Å². The van der Waals surface area contributed by atoms with Crippen molar-refractivity contribution in [3.8, 4) is 0 Å². The Balaban J connectivity index is 2.08. The average molecular weight is 521 g/mol. The Bertz CT molecular complexity index is 1150. The van der Waals surface area contributed by atoms with Crippen LogP contribution in [0.25, 0.3) is 0 Å². The molecule has 0 unspecified atom stereocenters. The minimum Gasteiger partial charge on any atom is -0.279 e. The molecule has 0 aliphatic heterocycles. The van der Waals surface area contributed by atoms with Crippen molar-refractivity contribution in [2.24, 2.45) is 0 Å². The van der Waals surface area contributed by atoms with Gasteiger partial charge in [0.25, 0.3) is 5.56 Å². The fourth-order valence-corrected chi connectivity index (χ4v) is 3.52. The van der Waals surface area contributed by atoms with E-state index in [0.29, 0.717) is 20.1 Å². The largest absolute Gasteiger partial charge is 0.332 e. The molecule has 3 rings (SSSR count). The zero-order valence-corrected chi connectivity index (χ0v) is 17.5. The summed E-state index contributed by atoms with van der Waals surface area (Å²) in [6, 6.07) is 9.16. The van der Waals surface area contributed by atoms with E-state index in [-0.39, 0.29) is 18.2 Å². The first kappa shape index (κ1) is 20.0. The van der Waals surface area contributed by atoms with Crippen LogP contribution in [0.4, 0.5) is 8.78 Å². The predicted molar refractivity (Wildman–Crippen MR) is 106 cm³/mol. The van der Waals surface area contributed by atoms with E-state index in [4.69, 9.17) is 11.6 Å². The zero-order valence-electron chi connectivity index (χ0n) is 13.6. The van der Waals surface area contributed by atoms with Crippen LogP contribution in [0.2, 0.25) is 5.15 Å². The fraction of sp³-hybridized carbons (Fsp3) is 0.111. The van der Waals surface area contributed by atoms with Crippen LogP contribution >= 0.6 is 43.5 Å². The summed E-state index contributed by atoms with van der Waals surface area (Å²) in [7, 11) is 0. The molecule has 3 aromatic rings. The molecule has 4 nitrogen and oxygen atoms in total. The van der Waals surface area contributed by atoms with E-state index in [1.165, 1.54) is 36.4 Å². The summed E-state index contributed by atoms with van der Waals surface area (Å²) < 4.78 is 30.3. The lowest BCUT2D eigenvalue weighted by atomic mass is 10.2. The van der Waals surface area contributed by atoms with Gasteiger partial charge in [-0.05, 0) is 47.5 Å². The smallest absolute Gasteiger partial charge is 0.279 e. The van der Waals surface area contributed by atoms with Crippen LogP contribution in [0, 0.1) is 11.6 Å². The van der Waals surface area contributed by atoms with Gasteiger partial charge in [0.1, 0.15) is 16.8 Å². The van der Waals surface area contributed by atoms with Gasteiger partial charge in [0.05, 0.1) is 13.1 Å². The molecule has 0 aliphatic rings. The third-order valence-electron chi connectivity index (χ3n) is 3.90. The summed E-state index contributed by atoms with van der Waals surface area (Å²) in [4.78, 5) is 25.1. The van der Waals surface area contributed by atoms with Gasteiger partial charge < -0.3 is 0 Å². The first-order chi connectivity index (χ1) is 12.8. The van der Waals surface area contributed by atoms with Crippen molar-refractivity contribution in [3.05, 3.63) is 100 Å². The van der Waals surface area contributed by atoms with Crippen LogP contribution in [0.5, 0.6) is 0 Å². The summed E-state index contributed by atoms with van der Waals surface area (Å²) >= 11 is 12.7. The summed E-state index contributed by atoms with van der Waals surface area (Å²) in [6.07, 6.45) is 0. The molecule has 2 aromatic carbocycles. The molecule has 0 fully saturated rings. The number of halogens is 5. The topological polar surface area (TPSA) is 44.0 Å². The van der Waals surface area contributed by atoms with Crippen molar-refractivity contribution in [2.75, 3.05) is 0 Å². The molecule has 0 N–H and O–H groups in total. The van der Waals surface area contributed by atoms with Crippen LogP contribution in [0.3, 0.4) is 0 Å². The lowest BCUT2D eigenvalue weighted by Gasteiger charge is -2.14. The normalized spacial score (nSPS) is 11.0. The highest BCUT2D eigenvalue weighted by Crippen LogP contribution is 2.20. The molecular weight excluding hydrogens is 509 g/mol. The highest BCUT2D eigenvalue weighted by molar-refractivity contribution is 9.10. The number of rotatable bonds is 4. The van der Waals surface area contributed by atoms with Crippen molar-refractivity contribution in [2.45, 2.75) is 13.1 Å². The van der Waals surface area contributed by atoms with Gasteiger partial charge in [-0.25, -0.2) is 13.6 Å². The van der Waals surface area contributed by atoms with Crippen molar-refractivity contribution in [1.29, 1.82) is 0 Å². The summed E-state index contributed by atoms with van der Waals surface area (Å²) in [5.41, 5.74) is -0.387. The highest BCUT2D eigenvalue weighted by Gasteiger charge is 2.14. The van der Waals surface area contributed by atoms with Gasteiger partial charge in [-0.15, -0.1) is 0 Å². The lowest BCUT2D eigenvalue weighted by molar-refractivity contribution is 0.595. The maximum atomic E-state index is 13.5. The molecule has 0 radical (unpaired) electrons. The Kier molecular flexibility index (Phi) is 5.98. The molecule has 0 saturated heterocycles. The van der Waals surface area contributed by atoms with E-state index in [1.54, 1.807) is 0 Å². The van der Waals surface area contributed by atoms with Crippen LogP contribution in [0.1, 0.15) is 11.1 Å². The molecular formula is C18H11Br2ClF2N2O2. The van der Waals surface area contributed by atoms with Crippen molar-refractivity contribution in [3.63, 3.8) is 0 Å². The summed E-state index contributed by atoms with van der Waals surface area (Å²) in [5.74, 6) is -0.950. The molecule has 140 valence electrons. The predicted octanol–water partition coefficient (Wildman–Crippen LogP) is 4.56. The van der Waals surface area contributed by atoms with E-state index in [2.05, 4.69) is 31.9 Å². The number of aromatic nitrogens is 2. The summed E-state index contributed by atoms with van der Waals surface area (Å²) in [5, 5.41) is -0.0734. The molecule has 1 heterocycles. The molecule has 0 amide bonds. The lowest BCUT2D eigenvalue weighted by Crippen LogP contribution is -2.40. The van der Waals surface area contributed by atoms with E-state index < -0.39 is 22.9 Å². The van der Waals surface area contributed by atoms with Crippen LogP contribution in [-0.4, -0.2) is 9.13 Å². The Morgan fingerprint density at radius 3 is 1.81 bits per heavy atom. The Labute approximate surface area is 174 Å². The quantitative estimate of drug-likeness (QED) is 0.474. The minimum atomic E-state index is -0.681. The molecule has 0 spiro atoms. The van der Waals surface area contributed by atoms with Crippen LogP contribution in [0.15, 0.2) is 61.0 Å². The standard InChI is InChI=1S/C18H11Br2ClF2N2O2/c19-14-3-1-12(22)5-10(14)8-24-16(21)7-17(26)25(18(24)27)9-11-6-13(23)2-4-15(11)20/h1-7H,8-9H2. The second-order valence-corrected chi connectivity index (χ2v) is 7.83. The van der Waals surface area contributed by atoms with Gasteiger partial charge in [-0.2, -0.15) is 0 Å². The number of benzene rings is 2. The molecule has 0 atom stereocenters. The van der Waals surface area contributed by atoms with Gasteiger partial charge in [-0.3, -0.25) is 13.9 Å². The summed E-state index contributed by atoms with van der Waals surface area (Å²) in [6.45, 7) is -0.182. The van der Waals surface area contributed by atoms with E-state index in [1.807, 2.05) is 0 Å². The Morgan fingerprint density at radius 2 is 1.30 bits per heavy atom. The van der Waals surface area contributed by atoms with Gasteiger partial charge in [0.15, 0.2) is 0 Å². The first-order valence-electron chi connectivity index (χ1n) is 7.64. The number of hydrogen-bond acceptors (Lipinski definition) is 2. The third kappa shape index (κ3) is 4.39. The number of hydrogen-bond donors (Lipinski definition) is 0. The second kappa shape index (κ2) is 8.08. The van der Waals surface area contributed by atoms with Crippen molar-refractivity contribution in [1.82, 2.24) is 9.13 Å². The van der Waals surface area contributed by atoms with Crippen molar-refractivity contribution < 1.29 is 8.78 Å². The van der Waals surface area contributed by atoms with Crippen molar-refractivity contribution >= 4 is 43.5 Å². The van der Waals surface area contributed by atoms with Crippen LogP contribution in [-0.2, 0) is 13.1 Å². The zero-order chi connectivity index (χ0) is 19.7. The fourth-order valence-electron chi connectivity index (χ4n) is 2.55. The molecule has 27 heavy (non-hydrogen) atoms. The first-order valence-corrected chi connectivity index (χ1v) is 9.60. The molecule has 0 bridgehead atoms. The Hall–Kier alpha value is -1.77. The molecule has 1 aromatic heterocycles. The average Bonchev–Trinajstić information content (AvgIpc) is 2.61. The van der Waals surface area contributed by atoms with E-state index in [9.17, 15) is 18.4 Å². The SMILES string of the molecule is O=c1cc(Cl)n(Cc2cc(F)ccc2Br)c(=O)n1Cc1cc(F)ccc1Br. The second-order valence-electron chi connectivity index (χ2n) is 5.73. The maximum Gasteiger partial charge on any atom is 0.332 e. The van der Waals surface area contributed by atoms with E-state index in [0.717, 1.165) is 15.2 Å². The molecule has 0 aliphatic carbocycles. The van der Waals surface area contributed by atoms with Gasteiger partial charge in [0.2, 0.25) is 0 Å². The Morgan fingerprint density at radius 1 is 0.815 bits per heavy atom. The third-order valence-corrected chi connectivity index (χ3v) is 5.76.